The number of aliphatic hydroxyl groups is 1. The monoisotopic (exact) mass is 246 g/mol. The fraction of sp³-hybridized carbons (Fsp3) is 0.500. The molecule has 0 aromatic heterocycles. The summed E-state index contributed by atoms with van der Waals surface area (Å²) in [4.78, 5) is 13.1. The number of hydrogen-bond donors (Lipinski definition) is 2. The van der Waals surface area contributed by atoms with E-state index in [2.05, 4.69) is 12.2 Å². The molecule has 1 aromatic carbocycles. The maximum Gasteiger partial charge on any atom is 0.321 e. The lowest BCUT2D eigenvalue weighted by atomic mass is 9.99. The van der Waals surface area contributed by atoms with Gasteiger partial charge in [-0.05, 0) is 41.5 Å². The molecule has 3 atom stereocenters. The SMILES string of the molecule is CC1CC1C(O)c1ccc2c(c1)CN(C)C(=O)N2. The topological polar surface area (TPSA) is 52.6 Å². The Morgan fingerprint density at radius 3 is 2.89 bits per heavy atom. The number of carbonyl (C=O) groups is 1. The van der Waals surface area contributed by atoms with E-state index in [-0.39, 0.29) is 12.1 Å². The first-order valence-electron chi connectivity index (χ1n) is 6.39. The summed E-state index contributed by atoms with van der Waals surface area (Å²) in [6, 6.07) is 5.75. The maximum absolute atomic E-state index is 11.5. The molecule has 2 amide bonds. The highest BCUT2D eigenvalue weighted by Gasteiger charge is 2.39. The lowest BCUT2D eigenvalue weighted by Crippen LogP contribution is -2.35. The van der Waals surface area contributed by atoms with Crippen LogP contribution in [0.4, 0.5) is 10.5 Å². The molecular formula is C14H18N2O2. The molecule has 1 aliphatic carbocycles. The van der Waals surface area contributed by atoms with Gasteiger partial charge in [0, 0.05) is 19.3 Å². The quantitative estimate of drug-likeness (QED) is 0.841. The van der Waals surface area contributed by atoms with E-state index in [0.717, 1.165) is 23.2 Å². The average Bonchev–Trinajstić information content (AvgIpc) is 3.06. The van der Waals surface area contributed by atoms with E-state index in [4.69, 9.17) is 0 Å². The molecule has 3 unspecified atom stereocenters. The Kier molecular flexibility index (Phi) is 2.55. The van der Waals surface area contributed by atoms with Crippen LogP contribution in [-0.4, -0.2) is 23.1 Å². The second-order valence-electron chi connectivity index (χ2n) is 5.52. The second-order valence-corrected chi connectivity index (χ2v) is 5.52. The van der Waals surface area contributed by atoms with Crippen molar-refractivity contribution >= 4 is 11.7 Å². The summed E-state index contributed by atoms with van der Waals surface area (Å²) in [6.45, 7) is 2.77. The van der Waals surface area contributed by atoms with Gasteiger partial charge >= 0.3 is 6.03 Å². The minimum absolute atomic E-state index is 0.0772. The Bertz CT molecular complexity index is 501. The number of aliphatic hydroxyl groups excluding tert-OH is 1. The van der Waals surface area contributed by atoms with E-state index in [1.165, 1.54) is 0 Å². The zero-order valence-corrected chi connectivity index (χ0v) is 10.7. The number of hydrogen-bond acceptors (Lipinski definition) is 2. The number of nitrogens with one attached hydrogen (secondary N) is 1. The number of amides is 2. The summed E-state index contributed by atoms with van der Waals surface area (Å²) >= 11 is 0. The van der Waals surface area contributed by atoms with Crippen LogP contribution in [0.5, 0.6) is 0 Å². The second kappa shape index (κ2) is 3.99. The van der Waals surface area contributed by atoms with Crippen LogP contribution in [-0.2, 0) is 6.54 Å². The van der Waals surface area contributed by atoms with Gasteiger partial charge in [-0.1, -0.05) is 13.0 Å². The van der Waals surface area contributed by atoms with E-state index in [1.807, 2.05) is 18.2 Å². The van der Waals surface area contributed by atoms with Gasteiger partial charge < -0.3 is 15.3 Å². The van der Waals surface area contributed by atoms with E-state index in [0.29, 0.717) is 18.4 Å². The predicted octanol–water partition coefficient (Wildman–Crippen LogP) is 2.35. The molecule has 96 valence electrons. The Hall–Kier alpha value is -1.55. The number of benzene rings is 1. The first kappa shape index (κ1) is 11.5. The van der Waals surface area contributed by atoms with Crippen LogP contribution >= 0.6 is 0 Å². The summed E-state index contributed by atoms with van der Waals surface area (Å²) in [6.07, 6.45) is 0.739. The van der Waals surface area contributed by atoms with Crippen molar-refractivity contribution in [1.82, 2.24) is 4.90 Å². The van der Waals surface area contributed by atoms with Crippen molar-refractivity contribution in [3.05, 3.63) is 29.3 Å². The highest BCUT2D eigenvalue weighted by Crippen LogP contribution is 2.47. The van der Waals surface area contributed by atoms with Crippen LogP contribution in [0.25, 0.3) is 0 Å². The minimum atomic E-state index is -0.367. The van der Waals surface area contributed by atoms with E-state index in [9.17, 15) is 9.90 Å². The zero-order valence-electron chi connectivity index (χ0n) is 10.7. The summed E-state index contributed by atoms with van der Waals surface area (Å²) in [7, 11) is 1.77. The van der Waals surface area contributed by atoms with Gasteiger partial charge in [-0.25, -0.2) is 4.79 Å². The van der Waals surface area contributed by atoms with Crippen molar-refractivity contribution < 1.29 is 9.90 Å². The van der Waals surface area contributed by atoms with Crippen molar-refractivity contribution in [2.75, 3.05) is 12.4 Å². The Balaban J connectivity index is 1.87. The molecule has 1 saturated carbocycles. The Morgan fingerprint density at radius 2 is 2.22 bits per heavy atom. The molecule has 1 aromatic rings. The third-order valence-electron chi connectivity index (χ3n) is 4.04. The molecule has 3 rings (SSSR count). The molecule has 2 aliphatic rings. The molecule has 1 heterocycles. The summed E-state index contributed by atoms with van der Waals surface area (Å²) in [5.41, 5.74) is 2.90. The number of fused-ring (bicyclic) bond motifs is 1. The first-order valence-corrected chi connectivity index (χ1v) is 6.39. The molecule has 1 fully saturated rings. The molecule has 1 aliphatic heterocycles. The third-order valence-corrected chi connectivity index (χ3v) is 4.04. The number of urea groups is 1. The molecule has 18 heavy (non-hydrogen) atoms. The van der Waals surface area contributed by atoms with Crippen LogP contribution in [0.15, 0.2) is 18.2 Å². The van der Waals surface area contributed by atoms with Gasteiger partial charge in [0.05, 0.1) is 6.10 Å². The smallest absolute Gasteiger partial charge is 0.321 e. The van der Waals surface area contributed by atoms with E-state index in [1.54, 1.807) is 11.9 Å². The Labute approximate surface area is 107 Å². The highest BCUT2D eigenvalue weighted by atomic mass is 16.3. The lowest BCUT2D eigenvalue weighted by Gasteiger charge is -2.26. The van der Waals surface area contributed by atoms with Gasteiger partial charge in [-0.3, -0.25) is 0 Å². The number of anilines is 1. The van der Waals surface area contributed by atoms with Crippen molar-refractivity contribution in [3.63, 3.8) is 0 Å². The largest absolute Gasteiger partial charge is 0.388 e. The van der Waals surface area contributed by atoms with Gasteiger partial charge in [0.15, 0.2) is 0 Å². The van der Waals surface area contributed by atoms with Gasteiger partial charge in [-0.15, -0.1) is 0 Å². The number of carbonyl (C=O) groups excluding carboxylic acids is 1. The molecule has 4 nitrogen and oxygen atoms in total. The van der Waals surface area contributed by atoms with Crippen molar-refractivity contribution in [1.29, 1.82) is 0 Å². The summed E-state index contributed by atoms with van der Waals surface area (Å²) in [5, 5.41) is 13.1. The molecule has 4 heteroatoms. The lowest BCUT2D eigenvalue weighted by molar-refractivity contribution is 0.148. The van der Waals surface area contributed by atoms with E-state index >= 15 is 0 Å². The first-order chi connectivity index (χ1) is 8.56. The normalized spacial score (nSPS) is 27.5. The van der Waals surface area contributed by atoms with Crippen LogP contribution in [0, 0.1) is 11.8 Å². The Morgan fingerprint density at radius 1 is 1.50 bits per heavy atom. The van der Waals surface area contributed by atoms with Crippen molar-refractivity contribution in [2.45, 2.75) is 26.0 Å². The van der Waals surface area contributed by atoms with Gasteiger partial charge in [-0.2, -0.15) is 0 Å². The fourth-order valence-corrected chi connectivity index (χ4v) is 2.63. The standard InChI is InChI=1S/C14H18N2O2/c1-8-5-11(8)13(17)9-3-4-12-10(6-9)7-16(2)14(18)15-12/h3-4,6,8,11,13,17H,5,7H2,1-2H3,(H,15,18). The molecule has 0 spiro atoms. The van der Waals surface area contributed by atoms with Crippen LogP contribution < -0.4 is 5.32 Å². The maximum atomic E-state index is 11.5. The van der Waals surface area contributed by atoms with Gasteiger partial charge in [0.25, 0.3) is 0 Å². The van der Waals surface area contributed by atoms with Crippen LogP contribution in [0.3, 0.4) is 0 Å². The van der Waals surface area contributed by atoms with Gasteiger partial charge in [0.1, 0.15) is 0 Å². The minimum Gasteiger partial charge on any atom is -0.388 e. The van der Waals surface area contributed by atoms with Crippen LogP contribution in [0.2, 0.25) is 0 Å². The third kappa shape index (κ3) is 1.86. The molecular weight excluding hydrogens is 228 g/mol. The summed E-state index contributed by atoms with van der Waals surface area (Å²) in [5.74, 6) is 1.03. The zero-order chi connectivity index (χ0) is 12.9. The molecule has 0 bridgehead atoms. The predicted molar refractivity (Wildman–Crippen MR) is 69.2 cm³/mol. The highest BCUT2D eigenvalue weighted by molar-refractivity contribution is 5.92. The van der Waals surface area contributed by atoms with Crippen molar-refractivity contribution in [2.24, 2.45) is 11.8 Å². The van der Waals surface area contributed by atoms with Gasteiger partial charge in [0.2, 0.25) is 0 Å². The molecule has 2 N–H and O–H groups in total. The fourth-order valence-electron chi connectivity index (χ4n) is 2.63. The van der Waals surface area contributed by atoms with E-state index < -0.39 is 0 Å². The number of nitrogens with zero attached hydrogens (tertiary/aromatic N) is 1. The van der Waals surface area contributed by atoms with Crippen LogP contribution in [0.1, 0.15) is 30.6 Å². The average molecular weight is 246 g/mol. The molecule has 0 radical (unpaired) electrons. The van der Waals surface area contributed by atoms with Crippen molar-refractivity contribution in [3.8, 4) is 0 Å². The number of rotatable bonds is 2. The molecule has 0 saturated heterocycles. The summed E-state index contributed by atoms with van der Waals surface area (Å²) < 4.78 is 0.